The molecule has 0 aliphatic carbocycles. The normalized spacial score (nSPS) is 10.8. The average molecular weight is 396 g/mol. The minimum absolute atomic E-state index is 0.0872. The van der Waals surface area contributed by atoms with Gasteiger partial charge in [0.05, 0.1) is 7.11 Å². The van der Waals surface area contributed by atoms with Crippen molar-refractivity contribution in [2.75, 3.05) is 7.11 Å². The second-order valence-corrected chi connectivity index (χ2v) is 7.48. The average Bonchev–Trinajstić information content (AvgIpc) is 3.11. The van der Waals surface area contributed by atoms with E-state index in [2.05, 4.69) is 53.2 Å². The number of carbonyl (C=O) groups excluding carboxylic acids is 1. The monoisotopic (exact) mass is 395 g/mol. The Bertz CT molecular complexity index is 1170. The van der Waals surface area contributed by atoms with Gasteiger partial charge >= 0.3 is 0 Å². The van der Waals surface area contributed by atoms with Crippen LogP contribution in [0.2, 0.25) is 0 Å². The second-order valence-electron chi connectivity index (χ2n) is 7.48. The Hall–Kier alpha value is -3.59. The van der Waals surface area contributed by atoms with E-state index in [1.54, 1.807) is 14.0 Å². The van der Waals surface area contributed by atoms with Gasteiger partial charge < -0.3 is 9.30 Å². The van der Waals surface area contributed by atoms with Crippen LogP contribution in [0.1, 0.15) is 28.5 Å². The largest absolute Gasteiger partial charge is 0.497 e. The predicted molar refractivity (Wildman–Crippen MR) is 122 cm³/mol. The van der Waals surface area contributed by atoms with Gasteiger partial charge in [0.15, 0.2) is 5.78 Å². The summed E-state index contributed by atoms with van der Waals surface area (Å²) < 4.78 is 7.43. The van der Waals surface area contributed by atoms with Crippen molar-refractivity contribution in [3.05, 3.63) is 102 Å². The van der Waals surface area contributed by atoms with Gasteiger partial charge in [0.25, 0.3) is 0 Å². The van der Waals surface area contributed by atoms with E-state index in [-0.39, 0.29) is 5.78 Å². The summed E-state index contributed by atoms with van der Waals surface area (Å²) in [5, 5.41) is 0. The van der Waals surface area contributed by atoms with Crippen molar-refractivity contribution in [3.8, 4) is 28.0 Å². The zero-order valence-corrected chi connectivity index (χ0v) is 17.6. The van der Waals surface area contributed by atoms with Crippen molar-refractivity contribution in [2.24, 2.45) is 0 Å². The number of hydrogen-bond acceptors (Lipinski definition) is 2. The first kappa shape index (κ1) is 19.7. The number of Topliss-reactive ketones (excluding diaryl/α,β-unsaturated/α-hetero) is 1. The van der Waals surface area contributed by atoms with Crippen LogP contribution in [0.25, 0.3) is 22.3 Å². The van der Waals surface area contributed by atoms with Gasteiger partial charge in [-0.2, -0.15) is 0 Å². The van der Waals surface area contributed by atoms with Gasteiger partial charge in [-0.3, -0.25) is 4.79 Å². The molecule has 0 spiro atoms. The van der Waals surface area contributed by atoms with Gasteiger partial charge in [-0.05, 0) is 54.3 Å². The van der Waals surface area contributed by atoms with Crippen LogP contribution in [0.4, 0.5) is 0 Å². The molecule has 1 heterocycles. The highest BCUT2D eigenvalue weighted by Crippen LogP contribution is 2.32. The second kappa shape index (κ2) is 8.42. The smallest absolute Gasteiger partial charge is 0.162 e. The molecule has 0 unspecified atom stereocenters. The van der Waals surface area contributed by atoms with Crippen molar-refractivity contribution in [3.63, 3.8) is 0 Å². The molecule has 4 rings (SSSR count). The summed E-state index contributed by atoms with van der Waals surface area (Å²) in [5.74, 6) is 0.923. The van der Waals surface area contributed by atoms with Gasteiger partial charge in [-0.25, -0.2) is 0 Å². The molecule has 30 heavy (non-hydrogen) atoms. The molecule has 0 saturated heterocycles. The molecule has 4 aromatic rings. The molecular formula is C27H25NO2. The molecule has 1 aromatic heterocycles. The lowest BCUT2D eigenvalue weighted by Crippen LogP contribution is -2.02. The number of benzene rings is 3. The SMILES string of the molecule is COc1ccc(-c2cccc(-c3cn(Cc4ccccc4)c(C)c3C(C)=O)c2)cc1. The Balaban J connectivity index is 1.76. The Morgan fingerprint density at radius 3 is 2.23 bits per heavy atom. The summed E-state index contributed by atoms with van der Waals surface area (Å²) in [5.41, 5.74) is 7.24. The molecule has 0 bridgehead atoms. The van der Waals surface area contributed by atoms with Gasteiger partial charge in [-0.1, -0.05) is 60.7 Å². The summed E-state index contributed by atoms with van der Waals surface area (Å²) in [6, 6.07) is 26.7. The molecule has 150 valence electrons. The first-order chi connectivity index (χ1) is 14.6. The molecule has 3 heteroatoms. The number of rotatable bonds is 6. The van der Waals surface area contributed by atoms with E-state index in [1.807, 2.05) is 43.3 Å². The van der Waals surface area contributed by atoms with Crippen LogP contribution < -0.4 is 4.74 Å². The van der Waals surface area contributed by atoms with Gasteiger partial charge in [0.2, 0.25) is 0 Å². The van der Waals surface area contributed by atoms with Crippen molar-refractivity contribution >= 4 is 5.78 Å². The number of ketones is 1. The standard InChI is InChI=1S/C27H25NO2/c1-19-27(20(2)29)26(18-28(19)17-21-8-5-4-6-9-21)24-11-7-10-23(16-24)22-12-14-25(30-3)15-13-22/h4-16,18H,17H2,1-3H3. The lowest BCUT2D eigenvalue weighted by molar-refractivity contribution is 0.101. The van der Waals surface area contributed by atoms with E-state index in [0.29, 0.717) is 0 Å². The molecule has 0 fully saturated rings. The number of methoxy groups -OCH3 is 1. The number of carbonyl (C=O) groups is 1. The highest BCUT2D eigenvalue weighted by Gasteiger charge is 2.18. The lowest BCUT2D eigenvalue weighted by Gasteiger charge is -2.07. The summed E-state index contributed by atoms with van der Waals surface area (Å²) in [6.45, 7) is 4.41. The maximum atomic E-state index is 12.5. The van der Waals surface area contributed by atoms with Crippen molar-refractivity contribution in [2.45, 2.75) is 20.4 Å². The minimum atomic E-state index is 0.0872. The third-order valence-electron chi connectivity index (χ3n) is 5.49. The van der Waals surface area contributed by atoms with Crippen LogP contribution in [0.15, 0.2) is 85.1 Å². The van der Waals surface area contributed by atoms with Crippen molar-refractivity contribution < 1.29 is 9.53 Å². The lowest BCUT2D eigenvalue weighted by atomic mass is 9.96. The fourth-order valence-corrected chi connectivity index (χ4v) is 3.91. The molecule has 0 amide bonds. The summed E-state index contributed by atoms with van der Waals surface area (Å²) >= 11 is 0. The molecule has 3 nitrogen and oxygen atoms in total. The zero-order valence-electron chi connectivity index (χ0n) is 17.6. The molecule has 3 aromatic carbocycles. The Labute approximate surface area is 177 Å². The Kier molecular flexibility index (Phi) is 5.53. The maximum Gasteiger partial charge on any atom is 0.162 e. The summed E-state index contributed by atoms with van der Waals surface area (Å²) in [4.78, 5) is 12.5. The van der Waals surface area contributed by atoms with E-state index in [1.165, 1.54) is 5.56 Å². The highest BCUT2D eigenvalue weighted by atomic mass is 16.5. The van der Waals surface area contributed by atoms with Crippen LogP contribution in [0.3, 0.4) is 0 Å². The van der Waals surface area contributed by atoms with Gasteiger partial charge in [-0.15, -0.1) is 0 Å². The molecule has 0 aliphatic rings. The zero-order chi connectivity index (χ0) is 21.1. The fourth-order valence-electron chi connectivity index (χ4n) is 3.91. The van der Waals surface area contributed by atoms with Crippen LogP contribution in [-0.4, -0.2) is 17.5 Å². The minimum Gasteiger partial charge on any atom is -0.497 e. The number of hydrogen-bond donors (Lipinski definition) is 0. The Morgan fingerprint density at radius 1 is 0.867 bits per heavy atom. The van der Waals surface area contributed by atoms with Crippen LogP contribution in [-0.2, 0) is 6.54 Å². The van der Waals surface area contributed by atoms with Gasteiger partial charge in [0, 0.05) is 29.6 Å². The predicted octanol–water partition coefficient (Wildman–Crippen LogP) is 6.39. The van der Waals surface area contributed by atoms with Crippen molar-refractivity contribution in [1.29, 1.82) is 0 Å². The van der Waals surface area contributed by atoms with Gasteiger partial charge in [0.1, 0.15) is 5.75 Å². The van der Waals surface area contributed by atoms with Crippen LogP contribution in [0.5, 0.6) is 5.75 Å². The maximum absolute atomic E-state index is 12.5. The van der Waals surface area contributed by atoms with E-state index in [9.17, 15) is 4.79 Å². The number of aromatic nitrogens is 1. The van der Waals surface area contributed by atoms with E-state index in [4.69, 9.17) is 4.74 Å². The van der Waals surface area contributed by atoms with Crippen LogP contribution >= 0.6 is 0 Å². The van der Waals surface area contributed by atoms with E-state index >= 15 is 0 Å². The summed E-state index contributed by atoms with van der Waals surface area (Å²) in [6.07, 6.45) is 2.10. The first-order valence-corrected chi connectivity index (χ1v) is 10.1. The summed E-state index contributed by atoms with van der Waals surface area (Å²) in [7, 11) is 1.67. The van der Waals surface area contributed by atoms with Crippen LogP contribution in [0, 0.1) is 6.92 Å². The number of nitrogens with zero attached hydrogens (tertiary/aromatic N) is 1. The third-order valence-corrected chi connectivity index (χ3v) is 5.49. The quantitative estimate of drug-likeness (QED) is 0.354. The topological polar surface area (TPSA) is 31.2 Å². The third kappa shape index (κ3) is 3.92. The molecule has 0 aliphatic heterocycles. The molecular weight excluding hydrogens is 370 g/mol. The molecule has 0 saturated carbocycles. The van der Waals surface area contributed by atoms with E-state index < -0.39 is 0 Å². The molecule has 0 atom stereocenters. The number of ether oxygens (including phenoxy) is 1. The molecule has 0 N–H and O–H groups in total. The highest BCUT2D eigenvalue weighted by molar-refractivity contribution is 6.02. The first-order valence-electron chi connectivity index (χ1n) is 10.1. The van der Waals surface area contributed by atoms with Crippen molar-refractivity contribution in [1.82, 2.24) is 4.57 Å². The fraction of sp³-hybridized carbons (Fsp3) is 0.148. The Morgan fingerprint density at radius 2 is 1.57 bits per heavy atom. The van der Waals surface area contributed by atoms with E-state index in [0.717, 1.165) is 45.8 Å². The molecule has 0 radical (unpaired) electrons.